The second-order valence-electron chi connectivity index (χ2n) is 0.891. The number of hydrogen-bond acceptors (Lipinski definition) is 2. The summed E-state index contributed by atoms with van der Waals surface area (Å²) in [5.74, 6) is 0. The lowest BCUT2D eigenvalue weighted by Crippen LogP contribution is -2.08. The first-order valence-corrected chi connectivity index (χ1v) is 2.89. The summed E-state index contributed by atoms with van der Waals surface area (Å²) in [6.07, 6.45) is 0. The molecule has 0 radical (unpaired) electrons. The second-order valence-corrected chi connectivity index (χ2v) is 1.80. The maximum absolute atomic E-state index is 11.5. The first-order valence-electron chi connectivity index (χ1n) is 1.76. The lowest BCUT2D eigenvalue weighted by Gasteiger charge is -1.93. The zero-order valence-corrected chi connectivity index (χ0v) is 4.69. The number of thiol groups is 1. The van der Waals surface area contributed by atoms with E-state index in [0.29, 0.717) is 0 Å². The van der Waals surface area contributed by atoms with E-state index in [1.165, 1.54) is 6.92 Å². The third-order valence-corrected chi connectivity index (χ3v) is 1.08. The van der Waals surface area contributed by atoms with Crippen molar-refractivity contribution in [3.05, 3.63) is 0 Å². The Morgan fingerprint density at radius 2 is 2.14 bits per heavy atom. The van der Waals surface area contributed by atoms with E-state index in [9.17, 15) is 12.9 Å². The summed E-state index contributed by atoms with van der Waals surface area (Å²) < 4.78 is 30.3. The molecule has 44 valence electrons. The lowest BCUT2D eigenvalue weighted by molar-refractivity contribution is 0.154. The van der Waals surface area contributed by atoms with Crippen LogP contribution in [0.5, 0.6) is 0 Å². The van der Waals surface area contributed by atoms with Crippen molar-refractivity contribution in [2.75, 3.05) is 6.54 Å². The zero-order valence-electron chi connectivity index (χ0n) is 3.80. The van der Waals surface area contributed by atoms with E-state index in [0.717, 1.165) is 0 Å². The highest BCUT2D eigenvalue weighted by Gasteiger charge is 1.95. The molecule has 0 N–H and O–H groups in total. The molecule has 0 heterocycles. The van der Waals surface area contributed by atoms with Crippen LogP contribution in [0.4, 0.5) is 4.48 Å². The molecule has 0 aliphatic heterocycles. The summed E-state index contributed by atoms with van der Waals surface area (Å²) in [6.45, 7) is 1.30. The summed E-state index contributed by atoms with van der Waals surface area (Å²) in [7, 11) is -3.00. The summed E-state index contributed by atoms with van der Waals surface area (Å²) in [6, 6.07) is 0. The fourth-order valence-corrected chi connectivity index (χ4v) is 0.346. The first kappa shape index (κ1) is 6.84. The fraction of sp³-hybridized carbons (Fsp3) is 1.00. The third kappa shape index (κ3) is 2.52. The molecular weight excluding hydrogens is 121 g/mol. The highest BCUT2D eigenvalue weighted by Crippen LogP contribution is 1.83. The van der Waals surface area contributed by atoms with Gasteiger partial charge in [-0.05, 0) is 11.5 Å². The predicted molar refractivity (Wildman–Crippen MR) is 23.8 cm³/mol. The van der Waals surface area contributed by atoms with E-state index in [1.807, 2.05) is 0 Å². The molecule has 5 heteroatoms. The summed E-state index contributed by atoms with van der Waals surface area (Å²) in [5, 5.41) is 0. The predicted octanol–water partition coefficient (Wildman–Crippen LogP) is -0.281. The van der Waals surface area contributed by atoms with Gasteiger partial charge in [0.2, 0.25) is 10.9 Å². The third-order valence-electron chi connectivity index (χ3n) is 0.438. The van der Waals surface area contributed by atoms with Crippen LogP contribution in [-0.4, -0.2) is 19.5 Å². The van der Waals surface area contributed by atoms with Crippen LogP contribution < -0.4 is 0 Å². The summed E-state index contributed by atoms with van der Waals surface area (Å²) in [4.78, 5) is 0. The van der Waals surface area contributed by atoms with E-state index in [1.54, 1.807) is 0 Å². The Morgan fingerprint density at radius 1 is 1.71 bits per heavy atom. The average Bonchev–Trinajstić information content (AvgIpc) is 1.65. The van der Waals surface area contributed by atoms with Gasteiger partial charge in [-0.2, -0.15) is 0 Å². The van der Waals surface area contributed by atoms with Crippen LogP contribution in [0.2, 0.25) is 0 Å². The Bertz CT molecular complexity index is 104. The first-order chi connectivity index (χ1) is 3.18. The number of rotatable bonds is 2. The van der Waals surface area contributed by atoms with Gasteiger partial charge in [0.1, 0.15) is 0 Å². The summed E-state index contributed by atoms with van der Waals surface area (Å²) in [5.41, 5.74) is 0. The van der Waals surface area contributed by atoms with Gasteiger partial charge in [-0.25, -0.2) is 8.42 Å². The quantitative estimate of drug-likeness (QED) is 0.409. The molecule has 0 aromatic heterocycles. The Morgan fingerprint density at radius 3 is 2.14 bits per heavy atom. The van der Waals surface area contributed by atoms with Crippen molar-refractivity contribution < 1.29 is 12.9 Å². The van der Waals surface area contributed by atoms with Crippen LogP contribution in [0, 0.1) is 0 Å². The van der Waals surface area contributed by atoms with Gasteiger partial charge in [-0.3, -0.25) is 0 Å². The number of halogens is 1. The lowest BCUT2D eigenvalue weighted by atomic mass is 10.8. The van der Waals surface area contributed by atoms with Gasteiger partial charge in [-0.15, -0.1) is 4.48 Å². The Balaban J connectivity index is 3.57. The van der Waals surface area contributed by atoms with E-state index in [4.69, 9.17) is 0 Å². The molecule has 0 aromatic rings. The van der Waals surface area contributed by atoms with E-state index < -0.39 is 10.9 Å². The van der Waals surface area contributed by atoms with Gasteiger partial charge < -0.3 is 0 Å². The molecule has 0 unspecified atom stereocenters. The molecule has 3 nitrogen and oxygen atoms in total. The maximum Gasteiger partial charge on any atom is 0.230 e. The zero-order chi connectivity index (χ0) is 5.86. The largest absolute Gasteiger partial charge is 0.230 e. The topological polar surface area (TPSA) is 37.4 Å². The van der Waals surface area contributed by atoms with Gasteiger partial charge in [0, 0.05) is 6.54 Å². The molecule has 0 aromatic carbocycles. The molecule has 0 bridgehead atoms. The monoisotopic (exact) mass is 127 g/mol. The number of hydrogen-bond donors (Lipinski definition) is 1. The van der Waals surface area contributed by atoms with E-state index >= 15 is 0 Å². The maximum atomic E-state index is 11.5. The SMILES string of the molecule is CCN(F)[SH](=O)=O. The van der Waals surface area contributed by atoms with Gasteiger partial charge >= 0.3 is 0 Å². The molecule has 0 spiro atoms. The minimum absolute atomic E-state index is 0.112. The van der Waals surface area contributed by atoms with Crippen LogP contribution in [-0.2, 0) is 10.9 Å². The van der Waals surface area contributed by atoms with Crippen LogP contribution in [0.15, 0.2) is 0 Å². The van der Waals surface area contributed by atoms with Crippen molar-refractivity contribution in [3.63, 3.8) is 0 Å². The van der Waals surface area contributed by atoms with Crippen molar-refractivity contribution in [1.82, 2.24) is 4.53 Å². The second kappa shape index (κ2) is 2.92. The van der Waals surface area contributed by atoms with Crippen molar-refractivity contribution in [1.29, 1.82) is 0 Å². The van der Waals surface area contributed by atoms with Crippen molar-refractivity contribution in [3.8, 4) is 0 Å². The smallest absolute Gasteiger partial charge is 0.213 e. The molecule has 0 aliphatic carbocycles. The van der Waals surface area contributed by atoms with Gasteiger partial charge in [0.15, 0.2) is 0 Å². The van der Waals surface area contributed by atoms with Gasteiger partial charge in [0.25, 0.3) is 0 Å². The fourth-order valence-electron chi connectivity index (χ4n) is 0.115. The van der Waals surface area contributed by atoms with Gasteiger partial charge in [-0.1, -0.05) is 0 Å². The van der Waals surface area contributed by atoms with Crippen molar-refractivity contribution in [2.24, 2.45) is 0 Å². The van der Waals surface area contributed by atoms with Gasteiger partial charge in [0.05, 0.1) is 0 Å². The molecule has 0 amide bonds. The molecule has 0 rings (SSSR count). The Kier molecular flexibility index (Phi) is 2.86. The molecule has 0 saturated carbocycles. The van der Waals surface area contributed by atoms with E-state index in [-0.39, 0.29) is 11.1 Å². The van der Waals surface area contributed by atoms with Crippen LogP contribution in [0.25, 0.3) is 0 Å². The highest BCUT2D eigenvalue weighted by molar-refractivity contribution is 7.69. The molecular formula is C2H6FNO2S. The van der Waals surface area contributed by atoms with Crippen molar-refractivity contribution >= 4 is 10.9 Å². The van der Waals surface area contributed by atoms with E-state index in [2.05, 4.69) is 0 Å². The minimum Gasteiger partial charge on any atom is -0.213 e. The Labute approximate surface area is 42.8 Å². The number of nitrogens with zero attached hydrogens (tertiary/aromatic N) is 1. The average molecular weight is 127 g/mol. The standard InChI is InChI=1S/C2H6FNO2S/c1-2-4(3)7(5)6/h7H,2H2,1H3. The van der Waals surface area contributed by atoms with Crippen LogP contribution in [0.3, 0.4) is 0 Å². The van der Waals surface area contributed by atoms with Crippen molar-refractivity contribution in [2.45, 2.75) is 6.92 Å². The molecule has 0 fully saturated rings. The Hall–Kier alpha value is -0.160. The van der Waals surface area contributed by atoms with Crippen LogP contribution in [0.1, 0.15) is 6.92 Å². The minimum atomic E-state index is -3.00. The molecule has 0 aliphatic rings. The normalized spacial score (nSPS) is 10.9. The summed E-state index contributed by atoms with van der Waals surface area (Å²) >= 11 is 0. The highest BCUT2D eigenvalue weighted by atomic mass is 32.2. The molecule has 7 heavy (non-hydrogen) atoms. The molecule has 0 saturated heterocycles. The van der Waals surface area contributed by atoms with Crippen LogP contribution >= 0.6 is 0 Å². The molecule has 0 atom stereocenters.